The first-order chi connectivity index (χ1) is 9.79. The van der Waals surface area contributed by atoms with Crippen LogP contribution in [-0.4, -0.2) is 55.4 Å². The van der Waals surface area contributed by atoms with Crippen molar-refractivity contribution in [2.45, 2.75) is 64.7 Å². The number of nitrogens with zero attached hydrogens (tertiary/aromatic N) is 1. The van der Waals surface area contributed by atoms with Crippen molar-refractivity contribution >= 4 is 0 Å². The lowest BCUT2D eigenvalue weighted by molar-refractivity contribution is -0.258. The Bertz CT molecular complexity index is 336. The van der Waals surface area contributed by atoms with Gasteiger partial charge in [0, 0.05) is 0 Å². The van der Waals surface area contributed by atoms with Gasteiger partial charge < -0.3 is 9.47 Å². The van der Waals surface area contributed by atoms with Crippen LogP contribution in [-0.2, 0) is 9.47 Å². The molecule has 124 valence electrons. The molecule has 0 amide bonds. The van der Waals surface area contributed by atoms with Gasteiger partial charge in [0.1, 0.15) is 12.1 Å². The molecule has 0 aromatic heterocycles. The second-order valence-corrected chi connectivity index (χ2v) is 7.32. The van der Waals surface area contributed by atoms with E-state index in [0.717, 1.165) is 12.8 Å². The Hall–Kier alpha value is -0.260. The molecule has 3 nitrogen and oxygen atoms in total. The third kappa shape index (κ3) is 4.36. The van der Waals surface area contributed by atoms with Crippen LogP contribution in [0.3, 0.4) is 0 Å². The first-order valence-electron chi connectivity index (χ1n) is 8.14. The minimum Gasteiger partial charge on any atom is -0.376 e. The fourth-order valence-corrected chi connectivity index (χ4v) is 3.22. The lowest BCUT2D eigenvalue weighted by Gasteiger charge is -2.52. The average Bonchev–Trinajstić information content (AvgIpc) is 2.33. The lowest BCUT2D eigenvalue weighted by atomic mass is 9.91. The second-order valence-electron chi connectivity index (χ2n) is 7.32. The van der Waals surface area contributed by atoms with Crippen molar-refractivity contribution < 1.29 is 18.3 Å². The quantitative estimate of drug-likeness (QED) is 0.752. The van der Waals surface area contributed by atoms with Crippen LogP contribution >= 0.6 is 0 Å². The number of ether oxygens (including phenoxy) is 2. The van der Waals surface area contributed by atoms with Crippen LogP contribution in [0, 0.1) is 11.8 Å². The zero-order chi connectivity index (χ0) is 15.6. The van der Waals surface area contributed by atoms with E-state index in [1.165, 1.54) is 0 Å². The third-order valence-corrected chi connectivity index (χ3v) is 4.27. The monoisotopic (exact) mass is 305 g/mol. The first kappa shape index (κ1) is 17.1. The summed E-state index contributed by atoms with van der Waals surface area (Å²) in [7, 11) is 0. The van der Waals surface area contributed by atoms with Crippen molar-refractivity contribution in [2.75, 3.05) is 26.3 Å². The molecule has 2 aliphatic rings. The molecular formula is C16H29F2NO2. The molecule has 5 heteroatoms. The Labute approximate surface area is 127 Å². The normalized spacial score (nSPS) is 33.4. The summed E-state index contributed by atoms with van der Waals surface area (Å²) < 4.78 is 39.4. The molecule has 2 rings (SSSR count). The zero-order valence-electron chi connectivity index (χ0n) is 13.6. The highest BCUT2D eigenvalue weighted by atomic mass is 19.3. The van der Waals surface area contributed by atoms with Gasteiger partial charge in [-0.2, -0.15) is 0 Å². The molecule has 0 bridgehead atoms. The Morgan fingerprint density at radius 3 is 2.43 bits per heavy atom. The molecule has 3 atom stereocenters. The Balaban J connectivity index is 1.93. The summed E-state index contributed by atoms with van der Waals surface area (Å²) in [5.74, 6) is -1.64. The van der Waals surface area contributed by atoms with Crippen molar-refractivity contribution in [3.63, 3.8) is 0 Å². The summed E-state index contributed by atoms with van der Waals surface area (Å²) in [5, 5.41) is 0. The molecule has 0 saturated carbocycles. The minimum absolute atomic E-state index is 0.0490. The van der Waals surface area contributed by atoms with Gasteiger partial charge in [0.15, 0.2) is 0 Å². The van der Waals surface area contributed by atoms with Gasteiger partial charge in [-0.05, 0) is 31.2 Å². The predicted molar refractivity (Wildman–Crippen MR) is 78.7 cm³/mol. The zero-order valence-corrected chi connectivity index (χ0v) is 13.6. The molecule has 0 aromatic rings. The maximum absolute atomic E-state index is 14.0. The average molecular weight is 305 g/mol. The van der Waals surface area contributed by atoms with E-state index in [-0.39, 0.29) is 19.3 Å². The lowest BCUT2D eigenvalue weighted by Crippen LogP contribution is -2.71. The summed E-state index contributed by atoms with van der Waals surface area (Å²) in [6.45, 7) is 9.84. The van der Waals surface area contributed by atoms with E-state index in [9.17, 15) is 8.78 Å². The fraction of sp³-hybridized carbons (Fsp3) is 1.00. The molecule has 2 fully saturated rings. The predicted octanol–water partition coefficient (Wildman–Crippen LogP) is 3.18. The largest absolute Gasteiger partial charge is 0.376 e. The Morgan fingerprint density at radius 1 is 1.14 bits per heavy atom. The second kappa shape index (κ2) is 6.88. The van der Waals surface area contributed by atoms with Crippen LogP contribution < -0.4 is 0 Å². The Morgan fingerprint density at radius 2 is 1.86 bits per heavy atom. The highest BCUT2D eigenvalue weighted by Crippen LogP contribution is 2.39. The topological polar surface area (TPSA) is 21.7 Å². The SMILES string of the molecule is CC(C)CCN1CC(F)(F)C1C1COC[C@@H](CC(C)C)O1. The molecule has 2 aliphatic heterocycles. The summed E-state index contributed by atoms with van der Waals surface area (Å²) in [6.07, 6.45) is 1.25. The van der Waals surface area contributed by atoms with Crippen molar-refractivity contribution in [1.29, 1.82) is 0 Å². The molecule has 0 aliphatic carbocycles. The van der Waals surface area contributed by atoms with E-state index >= 15 is 0 Å². The number of likely N-dealkylation sites (tertiary alicyclic amines) is 1. The highest BCUT2D eigenvalue weighted by molar-refractivity contribution is 5.04. The molecule has 0 spiro atoms. The molecular weight excluding hydrogens is 276 g/mol. The van der Waals surface area contributed by atoms with E-state index in [1.807, 2.05) is 4.90 Å². The van der Waals surface area contributed by atoms with Gasteiger partial charge in [0.25, 0.3) is 5.92 Å². The van der Waals surface area contributed by atoms with E-state index in [1.54, 1.807) is 0 Å². The van der Waals surface area contributed by atoms with Gasteiger partial charge in [0.05, 0.1) is 25.9 Å². The number of alkyl halides is 2. The number of rotatable bonds is 6. The highest BCUT2D eigenvalue weighted by Gasteiger charge is 2.58. The molecule has 0 aromatic carbocycles. The van der Waals surface area contributed by atoms with Crippen LogP contribution in [0.4, 0.5) is 8.78 Å². The maximum Gasteiger partial charge on any atom is 0.278 e. The van der Waals surface area contributed by atoms with Crippen molar-refractivity contribution in [3.8, 4) is 0 Å². The molecule has 2 unspecified atom stereocenters. The minimum atomic E-state index is -2.65. The van der Waals surface area contributed by atoms with E-state index in [4.69, 9.17) is 9.47 Å². The summed E-state index contributed by atoms with van der Waals surface area (Å²) >= 11 is 0. The van der Waals surface area contributed by atoms with Crippen LogP contribution in [0.1, 0.15) is 40.5 Å². The van der Waals surface area contributed by atoms with E-state index in [2.05, 4.69) is 27.7 Å². The fourth-order valence-electron chi connectivity index (χ4n) is 3.22. The standard InChI is InChI=1S/C16H29F2NO2/c1-11(2)5-6-19-10-16(17,18)15(19)14-9-20-8-13(21-14)7-12(3)4/h11-15H,5-10H2,1-4H3/t13-,14?,15?/m1/s1. The van der Waals surface area contributed by atoms with Crippen molar-refractivity contribution in [1.82, 2.24) is 4.90 Å². The van der Waals surface area contributed by atoms with Crippen LogP contribution in [0.25, 0.3) is 0 Å². The summed E-state index contributed by atoms with van der Waals surface area (Å²) in [5.41, 5.74) is 0. The van der Waals surface area contributed by atoms with Crippen molar-refractivity contribution in [2.24, 2.45) is 11.8 Å². The van der Waals surface area contributed by atoms with Crippen LogP contribution in [0.15, 0.2) is 0 Å². The van der Waals surface area contributed by atoms with Crippen LogP contribution in [0.5, 0.6) is 0 Å². The molecule has 21 heavy (non-hydrogen) atoms. The van der Waals surface area contributed by atoms with Gasteiger partial charge in [-0.15, -0.1) is 0 Å². The van der Waals surface area contributed by atoms with Gasteiger partial charge >= 0.3 is 0 Å². The Kier molecular flexibility index (Phi) is 5.60. The van der Waals surface area contributed by atoms with E-state index < -0.39 is 18.1 Å². The van der Waals surface area contributed by atoms with Gasteiger partial charge in [-0.25, -0.2) is 8.78 Å². The third-order valence-electron chi connectivity index (χ3n) is 4.27. The number of hydrogen-bond acceptors (Lipinski definition) is 3. The molecule has 2 saturated heterocycles. The van der Waals surface area contributed by atoms with Gasteiger partial charge in [0.2, 0.25) is 0 Å². The maximum atomic E-state index is 14.0. The van der Waals surface area contributed by atoms with Gasteiger partial charge in [-0.1, -0.05) is 27.7 Å². The smallest absolute Gasteiger partial charge is 0.278 e. The number of hydrogen-bond donors (Lipinski definition) is 0. The van der Waals surface area contributed by atoms with Gasteiger partial charge in [-0.3, -0.25) is 4.90 Å². The molecule has 0 radical (unpaired) electrons. The summed E-state index contributed by atoms with van der Waals surface area (Å²) in [6, 6.07) is -0.814. The molecule has 2 heterocycles. The molecule has 0 N–H and O–H groups in total. The first-order valence-corrected chi connectivity index (χ1v) is 8.14. The van der Waals surface area contributed by atoms with Crippen LogP contribution in [0.2, 0.25) is 0 Å². The van der Waals surface area contributed by atoms with E-state index in [0.29, 0.717) is 25.0 Å². The number of halogens is 2. The van der Waals surface area contributed by atoms with Crippen molar-refractivity contribution in [3.05, 3.63) is 0 Å². The summed E-state index contributed by atoms with van der Waals surface area (Å²) in [4.78, 5) is 1.87.